The van der Waals surface area contributed by atoms with E-state index in [4.69, 9.17) is 4.74 Å². The van der Waals surface area contributed by atoms with E-state index < -0.39 is 0 Å². The van der Waals surface area contributed by atoms with Crippen molar-refractivity contribution in [3.05, 3.63) is 64.9 Å². The molecular formula is C22H25N5O2. The molecule has 3 aromatic rings. The standard InChI is InChI=1S/C22H25N5O2/c1-14-8-5-6-10-19(14)29-20-12-15(2)24-21(25-20)18-9-7-11-27(18)22(28)17-13-23-26(4)16(17)3/h5-6,8,10,12-13,18H,7,9,11H2,1-4H3/t18-/m0/s1. The van der Waals surface area contributed by atoms with Gasteiger partial charge in [0, 0.05) is 31.0 Å². The van der Waals surface area contributed by atoms with Crippen molar-refractivity contribution in [3.63, 3.8) is 0 Å². The smallest absolute Gasteiger partial charge is 0.257 e. The lowest BCUT2D eigenvalue weighted by atomic mass is 10.1. The predicted molar refractivity (Wildman–Crippen MR) is 109 cm³/mol. The van der Waals surface area contributed by atoms with Gasteiger partial charge in [0.2, 0.25) is 5.88 Å². The maximum absolute atomic E-state index is 13.2. The number of aromatic nitrogens is 4. The zero-order valence-corrected chi connectivity index (χ0v) is 17.2. The summed E-state index contributed by atoms with van der Waals surface area (Å²) in [7, 11) is 1.84. The Labute approximate surface area is 170 Å². The Morgan fingerprint density at radius 1 is 1.17 bits per heavy atom. The van der Waals surface area contributed by atoms with Crippen LogP contribution in [0.1, 0.15) is 52.0 Å². The largest absolute Gasteiger partial charge is 0.439 e. The lowest BCUT2D eigenvalue weighted by Gasteiger charge is -2.24. The maximum atomic E-state index is 13.2. The van der Waals surface area contributed by atoms with E-state index in [-0.39, 0.29) is 11.9 Å². The van der Waals surface area contributed by atoms with E-state index >= 15 is 0 Å². The van der Waals surface area contributed by atoms with E-state index in [9.17, 15) is 4.79 Å². The van der Waals surface area contributed by atoms with Crippen LogP contribution in [0.25, 0.3) is 0 Å². The predicted octanol–water partition coefficient (Wildman–Crippen LogP) is 3.90. The number of hydrogen-bond donors (Lipinski definition) is 0. The molecule has 1 aliphatic rings. The second kappa shape index (κ2) is 7.66. The second-order valence-electron chi connectivity index (χ2n) is 7.50. The minimum Gasteiger partial charge on any atom is -0.439 e. The molecule has 0 saturated carbocycles. The summed E-state index contributed by atoms with van der Waals surface area (Å²) in [4.78, 5) is 24.3. The van der Waals surface area contributed by atoms with E-state index in [2.05, 4.69) is 15.1 Å². The maximum Gasteiger partial charge on any atom is 0.257 e. The van der Waals surface area contributed by atoms with Crippen LogP contribution in [0, 0.1) is 20.8 Å². The van der Waals surface area contributed by atoms with E-state index in [1.165, 1.54) is 0 Å². The molecule has 1 amide bonds. The fraction of sp³-hybridized carbons (Fsp3) is 0.364. The summed E-state index contributed by atoms with van der Waals surface area (Å²) in [6, 6.07) is 9.48. The Hall–Kier alpha value is -3.22. The number of carbonyl (C=O) groups is 1. The summed E-state index contributed by atoms with van der Waals surface area (Å²) in [5.41, 5.74) is 3.34. The van der Waals surface area contributed by atoms with Crippen LogP contribution in [0.4, 0.5) is 0 Å². The zero-order valence-electron chi connectivity index (χ0n) is 17.2. The number of ether oxygens (including phenoxy) is 1. The highest BCUT2D eigenvalue weighted by atomic mass is 16.5. The van der Waals surface area contributed by atoms with E-state index in [1.54, 1.807) is 10.9 Å². The number of para-hydroxylation sites is 1. The Bertz CT molecular complexity index is 1060. The normalized spacial score (nSPS) is 16.3. The molecule has 0 spiro atoms. The van der Waals surface area contributed by atoms with Gasteiger partial charge in [0.05, 0.1) is 17.8 Å². The van der Waals surface area contributed by atoms with Crippen molar-refractivity contribution in [1.29, 1.82) is 0 Å². The van der Waals surface area contributed by atoms with Crippen LogP contribution in [0.3, 0.4) is 0 Å². The number of nitrogens with zero attached hydrogens (tertiary/aromatic N) is 5. The molecule has 0 unspecified atom stereocenters. The molecule has 150 valence electrons. The molecule has 7 nitrogen and oxygen atoms in total. The molecule has 0 bridgehead atoms. The summed E-state index contributed by atoms with van der Waals surface area (Å²) in [6.45, 7) is 6.51. The van der Waals surface area contributed by atoms with Gasteiger partial charge in [-0.2, -0.15) is 10.1 Å². The molecule has 1 aromatic carbocycles. The van der Waals surface area contributed by atoms with Gasteiger partial charge in [0.25, 0.3) is 5.91 Å². The van der Waals surface area contributed by atoms with Crippen molar-refractivity contribution < 1.29 is 9.53 Å². The fourth-order valence-corrected chi connectivity index (χ4v) is 3.69. The van der Waals surface area contributed by atoms with E-state index in [0.717, 1.165) is 35.5 Å². The molecule has 0 radical (unpaired) electrons. The molecule has 0 aliphatic carbocycles. The third-order valence-electron chi connectivity index (χ3n) is 5.43. The average Bonchev–Trinajstić information content (AvgIpc) is 3.30. The van der Waals surface area contributed by atoms with Crippen LogP contribution in [0.2, 0.25) is 0 Å². The van der Waals surface area contributed by atoms with E-state index in [1.807, 2.05) is 63.1 Å². The van der Waals surface area contributed by atoms with Gasteiger partial charge in [-0.3, -0.25) is 9.48 Å². The van der Waals surface area contributed by atoms with Crippen LogP contribution in [0.5, 0.6) is 11.6 Å². The van der Waals surface area contributed by atoms with Crippen LogP contribution in [0.15, 0.2) is 36.5 Å². The highest BCUT2D eigenvalue weighted by Gasteiger charge is 2.34. The van der Waals surface area contributed by atoms with Crippen molar-refractivity contribution in [3.8, 4) is 11.6 Å². The summed E-state index contributed by atoms with van der Waals surface area (Å²) in [5.74, 6) is 1.87. The second-order valence-corrected chi connectivity index (χ2v) is 7.50. The van der Waals surface area contributed by atoms with Crippen molar-refractivity contribution in [2.75, 3.05) is 6.54 Å². The molecule has 2 aromatic heterocycles. The average molecular weight is 391 g/mol. The highest BCUT2D eigenvalue weighted by Crippen LogP contribution is 2.33. The van der Waals surface area contributed by atoms with Crippen LogP contribution >= 0.6 is 0 Å². The SMILES string of the molecule is Cc1cc(Oc2ccccc2C)nc([C@@H]2CCCN2C(=O)c2cnn(C)c2C)n1. The van der Waals surface area contributed by atoms with Gasteiger partial charge in [-0.25, -0.2) is 4.98 Å². The van der Waals surface area contributed by atoms with Gasteiger partial charge in [-0.15, -0.1) is 0 Å². The first-order chi connectivity index (χ1) is 13.9. The monoisotopic (exact) mass is 391 g/mol. The first kappa shape index (κ1) is 19.1. The topological polar surface area (TPSA) is 73.1 Å². The summed E-state index contributed by atoms with van der Waals surface area (Å²) >= 11 is 0. The first-order valence-corrected chi connectivity index (χ1v) is 9.82. The van der Waals surface area contributed by atoms with Crippen molar-refractivity contribution in [1.82, 2.24) is 24.6 Å². The molecule has 3 heterocycles. The van der Waals surface area contributed by atoms with Gasteiger partial charge in [0.1, 0.15) is 5.75 Å². The highest BCUT2D eigenvalue weighted by molar-refractivity contribution is 5.95. The van der Waals surface area contributed by atoms with Crippen LogP contribution in [-0.4, -0.2) is 37.1 Å². The number of hydrogen-bond acceptors (Lipinski definition) is 5. The molecular weight excluding hydrogens is 366 g/mol. The van der Waals surface area contributed by atoms with Crippen molar-refractivity contribution >= 4 is 5.91 Å². The molecule has 29 heavy (non-hydrogen) atoms. The summed E-state index contributed by atoms with van der Waals surface area (Å²) in [6.07, 6.45) is 3.39. The molecule has 1 fully saturated rings. The van der Waals surface area contributed by atoms with Crippen LogP contribution < -0.4 is 4.74 Å². The third-order valence-corrected chi connectivity index (χ3v) is 5.43. The van der Waals surface area contributed by atoms with Gasteiger partial charge < -0.3 is 9.64 Å². The van der Waals surface area contributed by atoms with Gasteiger partial charge in [-0.05, 0) is 45.2 Å². The zero-order chi connectivity index (χ0) is 20.5. The molecule has 1 aliphatic heterocycles. The van der Waals surface area contributed by atoms with Crippen molar-refractivity contribution in [2.24, 2.45) is 7.05 Å². The Morgan fingerprint density at radius 2 is 1.97 bits per heavy atom. The number of carbonyl (C=O) groups excluding carboxylic acids is 1. The Balaban J connectivity index is 1.63. The summed E-state index contributed by atoms with van der Waals surface area (Å²) < 4.78 is 7.74. The number of amides is 1. The quantitative estimate of drug-likeness (QED) is 0.674. The van der Waals surface area contributed by atoms with Crippen LogP contribution in [-0.2, 0) is 7.05 Å². The number of likely N-dealkylation sites (tertiary alicyclic amines) is 1. The lowest BCUT2D eigenvalue weighted by Crippen LogP contribution is -2.32. The molecule has 1 saturated heterocycles. The first-order valence-electron chi connectivity index (χ1n) is 9.82. The van der Waals surface area contributed by atoms with Gasteiger partial charge >= 0.3 is 0 Å². The third kappa shape index (κ3) is 3.72. The Kier molecular flexibility index (Phi) is 5.05. The minimum absolute atomic E-state index is 0.0235. The fourth-order valence-electron chi connectivity index (χ4n) is 3.69. The Morgan fingerprint density at radius 3 is 2.69 bits per heavy atom. The molecule has 4 rings (SSSR count). The minimum atomic E-state index is -0.166. The van der Waals surface area contributed by atoms with Crippen molar-refractivity contribution in [2.45, 2.75) is 39.7 Å². The summed E-state index contributed by atoms with van der Waals surface area (Å²) in [5, 5.41) is 4.21. The van der Waals surface area contributed by atoms with Gasteiger partial charge in [-0.1, -0.05) is 18.2 Å². The van der Waals surface area contributed by atoms with Gasteiger partial charge in [0.15, 0.2) is 5.82 Å². The molecule has 0 N–H and O–H groups in total. The number of rotatable bonds is 4. The molecule has 7 heteroatoms. The molecule has 1 atom stereocenters. The number of benzene rings is 1. The number of aryl methyl sites for hydroxylation is 3. The lowest BCUT2D eigenvalue weighted by molar-refractivity contribution is 0.0728. The van der Waals surface area contributed by atoms with E-state index in [0.29, 0.717) is 23.8 Å².